The van der Waals surface area contributed by atoms with Crippen LogP contribution in [0.2, 0.25) is 0 Å². The van der Waals surface area contributed by atoms with Gasteiger partial charge in [-0.1, -0.05) is 0 Å². The maximum atomic E-state index is 5.33. The van der Waals surface area contributed by atoms with Crippen LogP contribution in [0.5, 0.6) is 0 Å². The largest absolute Gasteiger partial charge is 0.386 e. The molecular formula is C5H12N2. The second-order valence-electron chi connectivity index (χ2n) is 1.27. The molecule has 2 heteroatoms. The van der Waals surface area contributed by atoms with E-state index in [4.69, 9.17) is 5.73 Å². The Balaban J connectivity index is 3.17. The van der Waals surface area contributed by atoms with Crippen LogP contribution >= 0.6 is 0 Å². The predicted molar refractivity (Wildman–Crippen MR) is 31.6 cm³/mol. The van der Waals surface area contributed by atoms with Gasteiger partial charge < -0.3 is 11.1 Å². The standard InChI is InChI=1S/C5H12N2/c1-3-5(6)7-4-2/h3,7H,4,6H2,1-2H3/b5-3+. The van der Waals surface area contributed by atoms with Crippen molar-refractivity contribution in [1.29, 1.82) is 0 Å². The Bertz CT molecular complexity index is 66.5. The van der Waals surface area contributed by atoms with E-state index in [1.165, 1.54) is 0 Å². The normalized spacial score (nSPS) is 11.4. The smallest absolute Gasteiger partial charge is 0.0915 e. The maximum Gasteiger partial charge on any atom is 0.0915 e. The number of hydrogen-bond acceptors (Lipinski definition) is 2. The van der Waals surface area contributed by atoms with Gasteiger partial charge in [-0.3, -0.25) is 0 Å². The molecule has 0 aromatic rings. The average molecular weight is 100 g/mol. The first-order chi connectivity index (χ1) is 3.31. The van der Waals surface area contributed by atoms with E-state index in [9.17, 15) is 0 Å². The molecule has 0 fully saturated rings. The van der Waals surface area contributed by atoms with Crippen LogP contribution in [-0.2, 0) is 0 Å². The summed E-state index contributed by atoms with van der Waals surface area (Å²) in [5.41, 5.74) is 5.33. The van der Waals surface area contributed by atoms with Crippen LogP contribution in [0, 0.1) is 0 Å². The minimum Gasteiger partial charge on any atom is -0.386 e. The predicted octanol–water partition coefficient (Wildman–Crippen LogP) is 0.416. The Hall–Kier alpha value is -0.660. The summed E-state index contributed by atoms with van der Waals surface area (Å²) in [6.07, 6.45) is 1.84. The van der Waals surface area contributed by atoms with Crippen molar-refractivity contribution in [3.63, 3.8) is 0 Å². The van der Waals surface area contributed by atoms with Crippen molar-refractivity contribution < 1.29 is 0 Å². The quantitative estimate of drug-likeness (QED) is 0.527. The highest BCUT2D eigenvalue weighted by Crippen LogP contribution is 1.70. The zero-order valence-corrected chi connectivity index (χ0v) is 4.86. The molecule has 0 aliphatic carbocycles. The van der Waals surface area contributed by atoms with Crippen molar-refractivity contribution in [2.45, 2.75) is 13.8 Å². The second kappa shape index (κ2) is 3.53. The molecule has 7 heavy (non-hydrogen) atoms. The molecule has 0 bridgehead atoms. The summed E-state index contributed by atoms with van der Waals surface area (Å²) in [7, 11) is 0. The average Bonchev–Trinajstić information content (AvgIpc) is 1.68. The van der Waals surface area contributed by atoms with Gasteiger partial charge >= 0.3 is 0 Å². The molecular weight excluding hydrogens is 88.1 g/mol. The fourth-order valence-electron chi connectivity index (χ4n) is 0.306. The van der Waals surface area contributed by atoms with Crippen LogP contribution in [0.4, 0.5) is 0 Å². The number of nitrogens with one attached hydrogen (secondary N) is 1. The van der Waals surface area contributed by atoms with Gasteiger partial charge in [0.2, 0.25) is 0 Å². The van der Waals surface area contributed by atoms with Crippen LogP contribution < -0.4 is 11.1 Å². The maximum absolute atomic E-state index is 5.33. The lowest BCUT2D eigenvalue weighted by atomic mass is 10.6. The van der Waals surface area contributed by atoms with Crippen LogP contribution in [0.1, 0.15) is 13.8 Å². The van der Waals surface area contributed by atoms with Crippen molar-refractivity contribution >= 4 is 0 Å². The Labute approximate surface area is 44.4 Å². The molecule has 42 valence electrons. The van der Waals surface area contributed by atoms with Crippen molar-refractivity contribution in [2.24, 2.45) is 5.73 Å². The van der Waals surface area contributed by atoms with E-state index in [0.29, 0.717) is 0 Å². The fourth-order valence-corrected chi connectivity index (χ4v) is 0.306. The number of rotatable bonds is 2. The minimum atomic E-state index is 0.752. The molecule has 0 spiro atoms. The Morgan fingerprint density at radius 1 is 1.86 bits per heavy atom. The first-order valence-corrected chi connectivity index (χ1v) is 2.47. The zero-order valence-electron chi connectivity index (χ0n) is 4.86. The zero-order chi connectivity index (χ0) is 5.70. The monoisotopic (exact) mass is 100 g/mol. The van der Waals surface area contributed by atoms with Crippen LogP contribution in [-0.4, -0.2) is 6.54 Å². The molecule has 0 aliphatic rings. The Kier molecular flexibility index (Phi) is 3.19. The first kappa shape index (κ1) is 6.34. The van der Waals surface area contributed by atoms with Gasteiger partial charge in [-0.05, 0) is 19.9 Å². The van der Waals surface area contributed by atoms with Gasteiger partial charge in [0.1, 0.15) is 0 Å². The van der Waals surface area contributed by atoms with Crippen molar-refractivity contribution in [3.8, 4) is 0 Å². The van der Waals surface area contributed by atoms with E-state index in [2.05, 4.69) is 5.32 Å². The van der Waals surface area contributed by atoms with Gasteiger partial charge in [0.05, 0.1) is 5.82 Å². The van der Waals surface area contributed by atoms with E-state index in [1.54, 1.807) is 0 Å². The SMILES string of the molecule is C/C=C(\N)NCC. The lowest BCUT2D eigenvalue weighted by Crippen LogP contribution is -2.18. The van der Waals surface area contributed by atoms with Gasteiger partial charge in [-0.15, -0.1) is 0 Å². The van der Waals surface area contributed by atoms with E-state index >= 15 is 0 Å². The second-order valence-corrected chi connectivity index (χ2v) is 1.27. The number of allylic oxidation sites excluding steroid dienone is 1. The van der Waals surface area contributed by atoms with Crippen LogP contribution in [0.15, 0.2) is 11.9 Å². The van der Waals surface area contributed by atoms with E-state index in [1.807, 2.05) is 19.9 Å². The molecule has 0 rings (SSSR count). The molecule has 2 nitrogen and oxygen atoms in total. The summed E-state index contributed by atoms with van der Waals surface area (Å²) < 4.78 is 0. The van der Waals surface area contributed by atoms with E-state index in [-0.39, 0.29) is 0 Å². The third-order valence-electron chi connectivity index (χ3n) is 0.692. The van der Waals surface area contributed by atoms with E-state index in [0.717, 1.165) is 12.4 Å². The molecule has 0 aromatic heterocycles. The third-order valence-corrected chi connectivity index (χ3v) is 0.692. The van der Waals surface area contributed by atoms with Gasteiger partial charge in [-0.2, -0.15) is 0 Å². The lowest BCUT2D eigenvalue weighted by molar-refractivity contribution is 0.838. The van der Waals surface area contributed by atoms with Gasteiger partial charge in [0, 0.05) is 6.54 Å². The highest BCUT2D eigenvalue weighted by Gasteiger charge is 1.75. The minimum absolute atomic E-state index is 0.752. The van der Waals surface area contributed by atoms with Crippen LogP contribution in [0.3, 0.4) is 0 Å². The molecule has 0 radical (unpaired) electrons. The molecule has 0 unspecified atom stereocenters. The first-order valence-electron chi connectivity index (χ1n) is 2.47. The summed E-state index contributed by atoms with van der Waals surface area (Å²) >= 11 is 0. The summed E-state index contributed by atoms with van der Waals surface area (Å²) in [5.74, 6) is 0.752. The van der Waals surface area contributed by atoms with Crippen molar-refractivity contribution in [2.75, 3.05) is 6.54 Å². The summed E-state index contributed by atoms with van der Waals surface area (Å²) in [6, 6.07) is 0. The highest BCUT2D eigenvalue weighted by molar-refractivity contribution is 4.89. The topological polar surface area (TPSA) is 38.0 Å². The molecule has 0 amide bonds. The number of hydrogen-bond donors (Lipinski definition) is 2. The molecule has 0 saturated carbocycles. The number of nitrogens with two attached hydrogens (primary N) is 1. The summed E-state index contributed by atoms with van der Waals surface area (Å²) in [4.78, 5) is 0. The third kappa shape index (κ3) is 3.16. The van der Waals surface area contributed by atoms with Gasteiger partial charge in [0.25, 0.3) is 0 Å². The fraction of sp³-hybridized carbons (Fsp3) is 0.600. The lowest BCUT2D eigenvalue weighted by Gasteiger charge is -1.97. The molecule has 0 aliphatic heterocycles. The van der Waals surface area contributed by atoms with Crippen LogP contribution in [0.25, 0.3) is 0 Å². The molecule has 0 atom stereocenters. The Morgan fingerprint density at radius 3 is 2.57 bits per heavy atom. The molecule has 0 heterocycles. The molecule has 3 N–H and O–H groups in total. The molecule has 0 aromatic carbocycles. The van der Waals surface area contributed by atoms with Crippen molar-refractivity contribution in [3.05, 3.63) is 11.9 Å². The molecule has 0 saturated heterocycles. The van der Waals surface area contributed by atoms with Gasteiger partial charge in [-0.25, -0.2) is 0 Å². The summed E-state index contributed by atoms with van der Waals surface area (Å²) in [6.45, 7) is 4.81. The van der Waals surface area contributed by atoms with E-state index < -0.39 is 0 Å². The van der Waals surface area contributed by atoms with Crippen molar-refractivity contribution in [1.82, 2.24) is 5.32 Å². The highest BCUT2D eigenvalue weighted by atomic mass is 15.0. The summed E-state index contributed by atoms with van der Waals surface area (Å²) in [5, 5.41) is 2.93. The Morgan fingerprint density at radius 2 is 2.43 bits per heavy atom. The van der Waals surface area contributed by atoms with Gasteiger partial charge in [0.15, 0.2) is 0 Å².